The van der Waals surface area contributed by atoms with Crippen LogP contribution < -0.4 is 19.1 Å². The van der Waals surface area contributed by atoms with Gasteiger partial charge >= 0.3 is 0 Å². The van der Waals surface area contributed by atoms with Gasteiger partial charge in [0, 0.05) is 36.2 Å². The summed E-state index contributed by atoms with van der Waals surface area (Å²) in [5, 5.41) is 2.89. The van der Waals surface area contributed by atoms with Crippen molar-refractivity contribution in [1.82, 2.24) is 5.32 Å². The Kier molecular flexibility index (Phi) is 8.09. The van der Waals surface area contributed by atoms with Gasteiger partial charge in [-0.25, -0.2) is 8.42 Å². The van der Waals surface area contributed by atoms with Crippen LogP contribution in [0, 0.1) is 6.92 Å². The van der Waals surface area contributed by atoms with Crippen LogP contribution in [-0.4, -0.2) is 52.6 Å². The van der Waals surface area contributed by atoms with Gasteiger partial charge in [0.15, 0.2) is 11.5 Å². The summed E-state index contributed by atoms with van der Waals surface area (Å²) in [7, 11) is -3.50. The van der Waals surface area contributed by atoms with Gasteiger partial charge in [0.2, 0.25) is 15.9 Å². The SMILES string of the molecule is Cc1ccc(SCCNC(=O)CCCN(c2ccc3c(c2)OCCO3)S(C)(=O)=O)cc1. The van der Waals surface area contributed by atoms with E-state index in [-0.39, 0.29) is 18.9 Å². The van der Waals surface area contributed by atoms with E-state index in [0.29, 0.717) is 43.4 Å². The van der Waals surface area contributed by atoms with Crippen molar-refractivity contribution >= 4 is 33.4 Å². The molecule has 3 rings (SSSR count). The van der Waals surface area contributed by atoms with E-state index in [4.69, 9.17) is 9.47 Å². The first-order valence-corrected chi connectivity index (χ1v) is 13.0. The maximum absolute atomic E-state index is 12.3. The minimum atomic E-state index is -3.50. The van der Waals surface area contributed by atoms with Crippen molar-refractivity contribution in [1.29, 1.82) is 0 Å². The second-order valence-electron chi connectivity index (χ2n) is 7.28. The molecule has 0 unspecified atom stereocenters. The number of benzene rings is 2. The first-order chi connectivity index (χ1) is 14.8. The third kappa shape index (κ3) is 7.07. The van der Waals surface area contributed by atoms with E-state index in [1.165, 1.54) is 14.8 Å². The molecule has 0 aromatic heterocycles. The number of hydrogen-bond acceptors (Lipinski definition) is 6. The van der Waals surface area contributed by atoms with Crippen molar-refractivity contribution in [2.45, 2.75) is 24.7 Å². The van der Waals surface area contributed by atoms with Crippen molar-refractivity contribution in [3.63, 3.8) is 0 Å². The smallest absolute Gasteiger partial charge is 0.232 e. The van der Waals surface area contributed by atoms with Gasteiger partial charge in [-0.1, -0.05) is 17.7 Å². The number of amides is 1. The van der Waals surface area contributed by atoms with E-state index in [9.17, 15) is 13.2 Å². The Hall–Kier alpha value is -2.39. The van der Waals surface area contributed by atoms with E-state index in [2.05, 4.69) is 29.6 Å². The number of nitrogens with zero attached hydrogens (tertiary/aromatic N) is 1. The van der Waals surface area contributed by atoms with Crippen molar-refractivity contribution in [2.24, 2.45) is 0 Å². The number of sulfonamides is 1. The van der Waals surface area contributed by atoms with E-state index in [1.54, 1.807) is 30.0 Å². The maximum Gasteiger partial charge on any atom is 0.232 e. The lowest BCUT2D eigenvalue weighted by Crippen LogP contribution is -2.32. The lowest BCUT2D eigenvalue weighted by atomic mass is 10.2. The van der Waals surface area contributed by atoms with Crippen molar-refractivity contribution in [3.8, 4) is 11.5 Å². The molecule has 0 bridgehead atoms. The molecule has 9 heteroatoms. The van der Waals surface area contributed by atoms with Crippen LogP contribution in [0.4, 0.5) is 5.69 Å². The molecule has 0 atom stereocenters. The Morgan fingerprint density at radius 2 is 1.81 bits per heavy atom. The molecule has 0 saturated carbocycles. The molecule has 2 aromatic carbocycles. The molecule has 31 heavy (non-hydrogen) atoms. The number of aryl methyl sites for hydroxylation is 1. The highest BCUT2D eigenvalue weighted by Gasteiger charge is 2.21. The van der Waals surface area contributed by atoms with Gasteiger partial charge < -0.3 is 14.8 Å². The lowest BCUT2D eigenvalue weighted by Gasteiger charge is -2.25. The molecule has 0 spiro atoms. The monoisotopic (exact) mass is 464 g/mol. The average molecular weight is 465 g/mol. The minimum Gasteiger partial charge on any atom is -0.486 e. The van der Waals surface area contributed by atoms with Crippen molar-refractivity contribution in [3.05, 3.63) is 48.0 Å². The summed E-state index contributed by atoms with van der Waals surface area (Å²) in [6, 6.07) is 13.3. The van der Waals surface area contributed by atoms with Gasteiger partial charge in [-0.3, -0.25) is 9.10 Å². The van der Waals surface area contributed by atoms with Crippen LogP contribution in [0.2, 0.25) is 0 Å². The number of carbonyl (C=O) groups is 1. The zero-order chi connectivity index (χ0) is 22.3. The van der Waals surface area contributed by atoms with Gasteiger partial charge in [-0.05, 0) is 37.6 Å². The molecule has 1 N–H and O–H groups in total. The Balaban J connectivity index is 1.45. The normalized spacial score (nSPS) is 13.0. The van der Waals surface area contributed by atoms with Gasteiger partial charge in [0.05, 0.1) is 11.9 Å². The number of nitrogens with one attached hydrogen (secondary N) is 1. The Bertz CT molecular complexity index is 993. The lowest BCUT2D eigenvalue weighted by molar-refractivity contribution is -0.121. The van der Waals surface area contributed by atoms with Crippen LogP contribution in [0.1, 0.15) is 18.4 Å². The summed E-state index contributed by atoms with van der Waals surface area (Å²) >= 11 is 1.69. The minimum absolute atomic E-state index is 0.0832. The van der Waals surface area contributed by atoms with E-state index in [1.807, 2.05) is 6.92 Å². The number of carbonyl (C=O) groups excluding carboxylic acids is 1. The van der Waals surface area contributed by atoms with Crippen LogP contribution in [0.5, 0.6) is 11.5 Å². The Morgan fingerprint density at radius 3 is 2.52 bits per heavy atom. The third-order valence-corrected chi connectivity index (χ3v) is 6.90. The fourth-order valence-electron chi connectivity index (χ4n) is 3.14. The van der Waals surface area contributed by atoms with Crippen LogP contribution in [-0.2, 0) is 14.8 Å². The number of rotatable bonds is 10. The zero-order valence-electron chi connectivity index (χ0n) is 17.8. The van der Waals surface area contributed by atoms with E-state index < -0.39 is 10.0 Å². The summed E-state index contributed by atoms with van der Waals surface area (Å²) in [6.45, 7) is 3.73. The number of thioether (sulfide) groups is 1. The molecule has 0 radical (unpaired) electrons. The third-order valence-electron chi connectivity index (χ3n) is 4.69. The second-order valence-corrected chi connectivity index (χ2v) is 10.4. The molecule has 0 saturated heterocycles. The predicted molar refractivity (Wildman–Crippen MR) is 124 cm³/mol. The average Bonchev–Trinajstić information content (AvgIpc) is 2.74. The highest BCUT2D eigenvalue weighted by Crippen LogP contribution is 2.34. The van der Waals surface area contributed by atoms with E-state index in [0.717, 1.165) is 12.0 Å². The van der Waals surface area contributed by atoms with Crippen LogP contribution >= 0.6 is 11.8 Å². The molecule has 1 aliphatic heterocycles. The van der Waals surface area contributed by atoms with Gasteiger partial charge in [-0.15, -0.1) is 11.8 Å². The van der Waals surface area contributed by atoms with Crippen molar-refractivity contribution in [2.75, 3.05) is 42.6 Å². The number of fused-ring (bicyclic) bond motifs is 1. The van der Waals surface area contributed by atoms with Gasteiger partial charge in [0.25, 0.3) is 0 Å². The summed E-state index contributed by atoms with van der Waals surface area (Å²) in [4.78, 5) is 13.3. The molecule has 0 fully saturated rings. The molecule has 1 amide bonds. The molecule has 0 aliphatic carbocycles. The first kappa shape index (κ1) is 23.3. The quantitative estimate of drug-likeness (QED) is 0.429. The molecule has 7 nitrogen and oxygen atoms in total. The molecule has 1 heterocycles. The Labute approximate surface area is 188 Å². The first-order valence-electron chi connectivity index (χ1n) is 10.2. The second kappa shape index (κ2) is 10.8. The molecule has 168 valence electrons. The highest BCUT2D eigenvalue weighted by molar-refractivity contribution is 7.99. The fraction of sp³-hybridized carbons (Fsp3) is 0.409. The molecular weight excluding hydrogens is 436 g/mol. The highest BCUT2D eigenvalue weighted by atomic mass is 32.2. The molecule has 1 aliphatic rings. The summed E-state index contributed by atoms with van der Waals surface area (Å²) in [5.74, 6) is 1.83. The van der Waals surface area contributed by atoms with Crippen LogP contribution in [0.25, 0.3) is 0 Å². The predicted octanol–water partition coefficient (Wildman–Crippen LogP) is 3.22. The molecular formula is C22H28N2O5S2. The van der Waals surface area contributed by atoms with Gasteiger partial charge in [0.1, 0.15) is 13.2 Å². The fourth-order valence-corrected chi connectivity index (χ4v) is 4.86. The number of hydrogen-bond donors (Lipinski definition) is 1. The van der Waals surface area contributed by atoms with Crippen LogP contribution in [0.15, 0.2) is 47.4 Å². The van der Waals surface area contributed by atoms with Crippen molar-refractivity contribution < 1.29 is 22.7 Å². The largest absolute Gasteiger partial charge is 0.486 e. The standard InChI is InChI=1S/C22H28N2O5S2/c1-17-5-8-19(9-6-17)30-15-11-23-22(25)4-3-12-24(31(2,26)27)18-7-10-20-21(16-18)29-14-13-28-20/h5-10,16H,3-4,11-15H2,1-2H3,(H,23,25). The molecule has 2 aromatic rings. The maximum atomic E-state index is 12.3. The summed E-state index contributed by atoms with van der Waals surface area (Å²) < 4.78 is 36.9. The number of anilines is 1. The number of ether oxygens (including phenoxy) is 2. The topological polar surface area (TPSA) is 84.9 Å². The summed E-state index contributed by atoms with van der Waals surface area (Å²) in [6.07, 6.45) is 1.83. The van der Waals surface area contributed by atoms with Crippen LogP contribution in [0.3, 0.4) is 0 Å². The Morgan fingerprint density at radius 1 is 1.10 bits per heavy atom. The summed E-state index contributed by atoms with van der Waals surface area (Å²) in [5.41, 5.74) is 1.72. The zero-order valence-corrected chi connectivity index (χ0v) is 19.4. The van der Waals surface area contributed by atoms with Gasteiger partial charge in [-0.2, -0.15) is 0 Å². The van der Waals surface area contributed by atoms with E-state index >= 15 is 0 Å².